The van der Waals surface area contributed by atoms with Crippen LogP contribution in [0.4, 0.5) is 0 Å². The van der Waals surface area contributed by atoms with Crippen LogP contribution in [0.1, 0.15) is 18.9 Å². The van der Waals surface area contributed by atoms with E-state index in [-0.39, 0.29) is 24.0 Å². The van der Waals surface area contributed by atoms with Gasteiger partial charge in [0.05, 0.1) is 13.2 Å². The largest absolute Gasteiger partial charge is 0.381 e. The van der Waals surface area contributed by atoms with Crippen molar-refractivity contribution < 1.29 is 4.74 Å². The summed E-state index contributed by atoms with van der Waals surface area (Å²) in [6.45, 7) is 6.23. The molecule has 6 heteroatoms. The monoisotopic (exact) mass is 437 g/mol. The van der Waals surface area contributed by atoms with E-state index in [1.54, 1.807) is 0 Å². The SMILES string of the molecule is CCNC(=NCc1ccccc1Cl)N(C)CC1CCOC1.I. The second-order valence-electron chi connectivity index (χ2n) is 5.37. The molecule has 124 valence electrons. The molecule has 0 radical (unpaired) electrons. The minimum Gasteiger partial charge on any atom is -0.381 e. The molecule has 1 unspecified atom stereocenters. The number of aliphatic imine (C=N–C) groups is 1. The van der Waals surface area contributed by atoms with Crippen LogP contribution in [0.25, 0.3) is 0 Å². The molecule has 0 aromatic heterocycles. The Bertz CT molecular complexity index is 478. The zero-order valence-electron chi connectivity index (χ0n) is 13.2. The maximum absolute atomic E-state index is 6.18. The quantitative estimate of drug-likeness (QED) is 0.436. The van der Waals surface area contributed by atoms with Crippen molar-refractivity contribution >= 4 is 41.5 Å². The second-order valence-corrected chi connectivity index (χ2v) is 5.78. The molecule has 0 spiro atoms. The highest BCUT2D eigenvalue weighted by atomic mass is 127. The van der Waals surface area contributed by atoms with Gasteiger partial charge in [-0.2, -0.15) is 0 Å². The smallest absolute Gasteiger partial charge is 0.193 e. The molecule has 0 amide bonds. The Balaban J connectivity index is 0.00000242. The van der Waals surface area contributed by atoms with Gasteiger partial charge in [-0.15, -0.1) is 24.0 Å². The van der Waals surface area contributed by atoms with Crippen LogP contribution in [0.5, 0.6) is 0 Å². The molecule has 22 heavy (non-hydrogen) atoms. The van der Waals surface area contributed by atoms with Crippen LogP contribution in [-0.2, 0) is 11.3 Å². The highest BCUT2D eigenvalue weighted by molar-refractivity contribution is 14.0. The first-order valence-electron chi connectivity index (χ1n) is 7.51. The number of nitrogens with one attached hydrogen (secondary N) is 1. The van der Waals surface area contributed by atoms with E-state index >= 15 is 0 Å². The van der Waals surface area contributed by atoms with Gasteiger partial charge in [-0.3, -0.25) is 0 Å². The topological polar surface area (TPSA) is 36.9 Å². The lowest BCUT2D eigenvalue weighted by atomic mass is 10.1. The van der Waals surface area contributed by atoms with Gasteiger partial charge in [0, 0.05) is 37.7 Å². The summed E-state index contributed by atoms with van der Waals surface area (Å²) in [5.74, 6) is 1.52. The maximum atomic E-state index is 6.18. The van der Waals surface area contributed by atoms with Gasteiger partial charge in [-0.05, 0) is 25.0 Å². The average molecular weight is 438 g/mol. The van der Waals surface area contributed by atoms with Crippen molar-refractivity contribution in [3.8, 4) is 0 Å². The van der Waals surface area contributed by atoms with Crippen molar-refractivity contribution in [2.45, 2.75) is 19.9 Å². The molecule has 0 aliphatic carbocycles. The fourth-order valence-electron chi connectivity index (χ4n) is 2.46. The van der Waals surface area contributed by atoms with Crippen molar-refractivity contribution in [2.75, 3.05) is 33.4 Å². The first-order valence-corrected chi connectivity index (χ1v) is 7.89. The molecule has 1 aliphatic heterocycles. The predicted octanol–water partition coefficient (Wildman–Crippen LogP) is 3.39. The van der Waals surface area contributed by atoms with Crippen LogP contribution in [-0.4, -0.2) is 44.2 Å². The van der Waals surface area contributed by atoms with E-state index in [4.69, 9.17) is 21.3 Å². The van der Waals surface area contributed by atoms with Gasteiger partial charge >= 0.3 is 0 Å². The van der Waals surface area contributed by atoms with Crippen LogP contribution in [0.2, 0.25) is 5.02 Å². The number of hydrogen-bond acceptors (Lipinski definition) is 2. The number of benzene rings is 1. The second kappa shape index (κ2) is 10.3. The van der Waals surface area contributed by atoms with Crippen LogP contribution >= 0.6 is 35.6 Å². The standard InChI is InChI=1S/C16H24ClN3O.HI/c1-3-18-16(20(2)11-13-8-9-21-12-13)19-10-14-6-4-5-7-15(14)17;/h4-7,13H,3,8-12H2,1-2H3,(H,18,19);1H. The fraction of sp³-hybridized carbons (Fsp3) is 0.562. The number of guanidine groups is 1. The molecule has 1 aromatic carbocycles. The summed E-state index contributed by atoms with van der Waals surface area (Å²) in [6, 6.07) is 7.84. The van der Waals surface area contributed by atoms with E-state index in [0.29, 0.717) is 12.5 Å². The molecule has 1 saturated heterocycles. The lowest BCUT2D eigenvalue weighted by Crippen LogP contribution is -2.41. The predicted molar refractivity (Wildman–Crippen MR) is 103 cm³/mol. The summed E-state index contributed by atoms with van der Waals surface area (Å²) in [5, 5.41) is 4.11. The summed E-state index contributed by atoms with van der Waals surface area (Å²) in [5.41, 5.74) is 1.05. The molecule has 2 rings (SSSR count). The van der Waals surface area contributed by atoms with Gasteiger partial charge in [0.25, 0.3) is 0 Å². The zero-order chi connectivity index (χ0) is 15.1. The van der Waals surface area contributed by atoms with Crippen LogP contribution in [0, 0.1) is 5.92 Å². The van der Waals surface area contributed by atoms with Gasteiger partial charge < -0.3 is 15.0 Å². The molecule has 1 fully saturated rings. The summed E-state index contributed by atoms with van der Waals surface area (Å²) < 4.78 is 5.44. The molecule has 0 bridgehead atoms. The van der Waals surface area contributed by atoms with Crippen molar-refractivity contribution in [3.63, 3.8) is 0 Å². The minimum atomic E-state index is 0. The van der Waals surface area contributed by atoms with E-state index in [2.05, 4.69) is 24.2 Å². The molecule has 1 atom stereocenters. The maximum Gasteiger partial charge on any atom is 0.193 e. The molecule has 1 N–H and O–H groups in total. The molecule has 0 saturated carbocycles. The Morgan fingerprint density at radius 3 is 2.86 bits per heavy atom. The first-order chi connectivity index (χ1) is 10.2. The molecular formula is C16H25ClIN3O. The Morgan fingerprint density at radius 2 is 2.23 bits per heavy atom. The highest BCUT2D eigenvalue weighted by Gasteiger charge is 2.19. The molecule has 1 aliphatic rings. The number of halogens is 2. The summed E-state index contributed by atoms with van der Waals surface area (Å²) >= 11 is 6.18. The molecular weight excluding hydrogens is 413 g/mol. The third-order valence-corrected chi connectivity index (χ3v) is 3.98. The number of rotatable bonds is 5. The third-order valence-electron chi connectivity index (χ3n) is 3.61. The molecule has 1 aromatic rings. The lowest BCUT2D eigenvalue weighted by Gasteiger charge is -2.24. The number of nitrogens with zero attached hydrogens (tertiary/aromatic N) is 2. The van der Waals surface area contributed by atoms with E-state index in [1.165, 1.54) is 0 Å². The Morgan fingerprint density at radius 1 is 1.45 bits per heavy atom. The number of hydrogen-bond donors (Lipinski definition) is 1. The highest BCUT2D eigenvalue weighted by Crippen LogP contribution is 2.16. The van der Waals surface area contributed by atoms with Crippen LogP contribution in [0.3, 0.4) is 0 Å². The fourth-order valence-corrected chi connectivity index (χ4v) is 2.65. The summed E-state index contributed by atoms with van der Waals surface area (Å²) in [6.07, 6.45) is 1.13. The van der Waals surface area contributed by atoms with E-state index < -0.39 is 0 Å². The average Bonchev–Trinajstić information content (AvgIpc) is 2.97. The summed E-state index contributed by atoms with van der Waals surface area (Å²) in [7, 11) is 2.08. The Labute approximate surface area is 155 Å². The van der Waals surface area contributed by atoms with Gasteiger partial charge in [0.2, 0.25) is 0 Å². The van der Waals surface area contributed by atoms with Crippen molar-refractivity contribution in [1.29, 1.82) is 0 Å². The lowest BCUT2D eigenvalue weighted by molar-refractivity contribution is 0.181. The summed E-state index contributed by atoms with van der Waals surface area (Å²) in [4.78, 5) is 6.87. The molecule has 4 nitrogen and oxygen atoms in total. The first kappa shape index (κ1) is 19.5. The Hall–Kier alpha value is -0.530. The van der Waals surface area contributed by atoms with Gasteiger partial charge in [0.1, 0.15) is 0 Å². The van der Waals surface area contributed by atoms with Crippen LogP contribution in [0.15, 0.2) is 29.3 Å². The van der Waals surface area contributed by atoms with Gasteiger partial charge in [-0.1, -0.05) is 29.8 Å². The van der Waals surface area contributed by atoms with E-state index in [0.717, 1.165) is 49.3 Å². The minimum absolute atomic E-state index is 0. The van der Waals surface area contributed by atoms with Crippen molar-refractivity contribution in [3.05, 3.63) is 34.9 Å². The van der Waals surface area contributed by atoms with E-state index in [1.807, 2.05) is 24.3 Å². The van der Waals surface area contributed by atoms with E-state index in [9.17, 15) is 0 Å². The Kier molecular flexibility index (Phi) is 9.12. The molecule has 1 heterocycles. The van der Waals surface area contributed by atoms with Crippen LogP contribution < -0.4 is 5.32 Å². The van der Waals surface area contributed by atoms with Crippen molar-refractivity contribution in [1.82, 2.24) is 10.2 Å². The third kappa shape index (κ3) is 5.93. The van der Waals surface area contributed by atoms with Crippen molar-refractivity contribution in [2.24, 2.45) is 10.9 Å². The van der Waals surface area contributed by atoms with Gasteiger partial charge in [-0.25, -0.2) is 4.99 Å². The number of ether oxygens (including phenoxy) is 1. The normalized spacial score (nSPS) is 18.0. The van der Waals surface area contributed by atoms with Gasteiger partial charge in [0.15, 0.2) is 5.96 Å². The zero-order valence-corrected chi connectivity index (χ0v) is 16.3.